The fourth-order valence-corrected chi connectivity index (χ4v) is 1.85. The zero-order valence-electron chi connectivity index (χ0n) is 9.45. The number of aromatic hydroxyl groups is 1. The van der Waals surface area contributed by atoms with E-state index in [0.29, 0.717) is 15.1 Å². The Kier molecular flexibility index (Phi) is 4.07. The molecular weight excluding hydrogens is 337 g/mol. The summed E-state index contributed by atoms with van der Waals surface area (Å²) in [6.45, 7) is 0. The van der Waals surface area contributed by atoms with Gasteiger partial charge in [-0.2, -0.15) is 0 Å². The summed E-state index contributed by atoms with van der Waals surface area (Å²) in [5.74, 6) is -1.68. The molecule has 0 saturated heterocycles. The third kappa shape index (κ3) is 3.24. The van der Waals surface area contributed by atoms with Crippen LogP contribution in [0.2, 0.25) is 5.02 Å². The van der Waals surface area contributed by atoms with E-state index < -0.39 is 17.5 Å². The van der Waals surface area contributed by atoms with Gasteiger partial charge in [-0.05, 0) is 46.3 Å². The van der Waals surface area contributed by atoms with Gasteiger partial charge in [0.2, 0.25) is 0 Å². The molecule has 0 unspecified atom stereocenters. The molecule has 2 aromatic carbocycles. The number of nitrogens with one attached hydrogen (secondary N) is 1. The maximum atomic E-state index is 13.1. The van der Waals surface area contributed by atoms with Crippen molar-refractivity contribution in [3.8, 4) is 5.75 Å². The van der Waals surface area contributed by atoms with Crippen LogP contribution in [0.1, 0.15) is 10.4 Å². The van der Waals surface area contributed by atoms with Gasteiger partial charge in [-0.1, -0.05) is 11.6 Å². The molecule has 0 aromatic heterocycles. The maximum Gasteiger partial charge on any atom is 0.255 e. The highest BCUT2D eigenvalue weighted by Crippen LogP contribution is 2.24. The summed E-state index contributed by atoms with van der Waals surface area (Å²) in [7, 11) is 0. The normalized spacial score (nSPS) is 10.3. The smallest absolute Gasteiger partial charge is 0.255 e. The van der Waals surface area contributed by atoms with Gasteiger partial charge in [0.15, 0.2) is 11.6 Å². The monoisotopic (exact) mass is 343 g/mol. The average Bonchev–Trinajstić information content (AvgIpc) is 2.37. The van der Waals surface area contributed by atoms with Crippen molar-refractivity contribution in [3.63, 3.8) is 0 Å². The molecule has 0 aliphatic heterocycles. The minimum atomic E-state index is -0.799. The van der Waals surface area contributed by atoms with Crippen LogP contribution in [0, 0.1) is 5.82 Å². The van der Waals surface area contributed by atoms with Crippen molar-refractivity contribution in [2.75, 3.05) is 5.32 Å². The van der Waals surface area contributed by atoms with Crippen molar-refractivity contribution in [1.82, 2.24) is 0 Å². The second kappa shape index (κ2) is 5.59. The van der Waals surface area contributed by atoms with E-state index >= 15 is 0 Å². The molecule has 2 N–H and O–H groups in total. The maximum absolute atomic E-state index is 13.1. The Morgan fingerprint density at radius 2 is 2.00 bits per heavy atom. The van der Waals surface area contributed by atoms with Crippen LogP contribution in [0.4, 0.5) is 10.1 Å². The molecule has 3 nitrogen and oxygen atoms in total. The minimum Gasteiger partial charge on any atom is -0.505 e. The summed E-state index contributed by atoms with van der Waals surface area (Å²) in [5.41, 5.74) is 0.598. The Labute approximate surface area is 122 Å². The van der Waals surface area contributed by atoms with Crippen LogP contribution in [-0.2, 0) is 0 Å². The van der Waals surface area contributed by atoms with E-state index in [4.69, 9.17) is 16.7 Å². The summed E-state index contributed by atoms with van der Waals surface area (Å²) in [5, 5.41) is 12.0. The van der Waals surface area contributed by atoms with Gasteiger partial charge in [-0.15, -0.1) is 0 Å². The fourth-order valence-electron chi connectivity index (χ4n) is 1.43. The van der Waals surface area contributed by atoms with Gasteiger partial charge in [-0.3, -0.25) is 4.79 Å². The van der Waals surface area contributed by atoms with Crippen molar-refractivity contribution in [1.29, 1.82) is 0 Å². The lowest BCUT2D eigenvalue weighted by Gasteiger charge is -2.07. The summed E-state index contributed by atoms with van der Waals surface area (Å²) >= 11 is 9.11. The summed E-state index contributed by atoms with van der Waals surface area (Å²) < 4.78 is 13.8. The first kappa shape index (κ1) is 13.8. The van der Waals surface area contributed by atoms with Crippen molar-refractivity contribution in [2.45, 2.75) is 0 Å². The van der Waals surface area contributed by atoms with E-state index in [1.165, 1.54) is 18.2 Å². The number of halogens is 3. The van der Waals surface area contributed by atoms with E-state index in [0.717, 1.165) is 6.07 Å². The quantitative estimate of drug-likeness (QED) is 0.802. The largest absolute Gasteiger partial charge is 0.505 e. The lowest BCUT2D eigenvalue weighted by atomic mass is 10.2. The van der Waals surface area contributed by atoms with Crippen LogP contribution >= 0.6 is 27.5 Å². The zero-order chi connectivity index (χ0) is 14.0. The van der Waals surface area contributed by atoms with Gasteiger partial charge in [-0.25, -0.2) is 4.39 Å². The molecule has 0 aliphatic rings. The highest BCUT2D eigenvalue weighted by atomic mass is 79.9. The molecule has 6 heteroatoms. The van der Waals surface area contributed by atoms with E-state index in [2.05, 4.69) is 21.2 Å². The third-order valence-electron chi connectivity index (χ3n) is 2.39. The highest BCUT2D eigenvalue weighted by Gasteiger charge is 2.09. The lowest BCUT2D eigenvalue weighted by molar-refractivity contribution is 0.102. The zero-order valence-corrected chi connectivity index (χ0v) is 11.8. The second-order valence-corrected chi connectivity index (χ2v) is 5.01. The van der Waals surface area contributed by atoms with Gasteiger partial charge >= 0.3 is 0 Å². The number of phenols is 1. The predicted molar refractivity (Wildman–Crippen MR) is 75.2 cm³/mol. The fraction of sp³-hybridized carbons (Fsp3) is 0. The number of rotatable bonds is 2. The first-order chi connectivity index (χ1) is 8.97. The van der Waals surface area contributed by atoms with Gasteiger partial charge < -0.3 is 10.4 Å². The number of amides is 1. The lowest BCUT2D eigenvalue weighted by Crippen LogP contribution is -2.11. The molecule has 19 heavy (non-hydrogen) atoms. The van der Waals surface area contributed by atoms with E-state index in [9.17, 15) is 9.18 Å². The molecule has 0 radical (unpaired) electrons. The van der Waals surface area contributed by atoms with Crippen molar-refractivity contribution in [2.24, 2.45) is 0 Å². The van der Waals surface area contributed by atoms with Crippen LogP contribution in [0.3, 0.4) is 0 Å². The second-order valence-electron chi connectivity index (χ2n) is 3.75. The van der Waals surface area contributed by atoms with Crippen LogP contribution < -0.4 is 5.32 Å². The standard InChI is InChI=1S/C13H8BrClFNO2/c14-9-3-1-7(5-10(9)15)13(19)17-8-2-4-12(18)11(16)6-8/h1-6,18H,(H,17,19). The van der Waals surface area contributed by atoms with E-state index in [1.54, 1.807) is 12.1 Å². The number of carbonyl (C=O) groups is 1. The van der Waals surface area contributed by atoms with Crippen molar-refractivity contribution in [3.05, 3.63) is 57.3 Å². The summed E-state index contributed by atoms with van der Waals surface area (Å²) in [6, 6.07) is 8.33. The molecule has 2 rings (SSSR count). The molecule has 0 bridgehead atoms. The van der Waals surface area contributed by atoms with Crippen molar-refractivity contribution >= 4 is 39.1 Å². The molecular formula is C13H8BrClFNO2. The van der Waals surface area contributed by atoms with Crippen LogP contribution in [0.15, 0.2) is 40.9 Å². The summed E-state index contributed by atoms with van der Waals surface area (Å²) in [4.78, 5) is 11.9. The molecule has 0 heterocycles. The van der Waals surface area contributed by atoms with Gasteiger partial charge in [0.1, 0.15) is 0 Å². The van der Waals surface area contributed by atoms with E-state index in [1.807, 2.05) is 0 Å². The molecule has 0 saturated carbocycles. The molecule has 98 valence electrons. The Morgan fingerprint density at radius 1 is 1.26 bits per heavy atom. The Morgan fingerprint density at radius 3 is 2.63 bits per heavy atom. The number of carbonyl (C=O) groups excluding carboxylic acids is 1. The third-order valence-corrected chi connectivity index (χ3v) is 3.62. The molecule has 0 aliphatic carbocycles. The van der Waals surface area contributed by atoms with Crippen LogP contribution in [0.5, 0.6) is 5.75 Å². The number of phenolic OH excluding ortho intramolecular Hbond substituents is 1. The molecule has 0 atom stereocenters. The molecule has 2 aromatic rings. The summed E-state index contributed by atoms with van der Waals surface area (Å²) in [6.07, 6.45) is 0. The Bertz CT molecular complexity index is 649. The number of benzene rings is 2. The first-order valence-corrected chi connectivity index (χ1v) is 6.39. The van der Waals surface area contributed by atoms with E-state index in [-0.39, 0.29) is 5.69 Å². The highest BCUT2D eigenvalue weighted by molar-refractivity contribution is 9.10. The molecule has 0 spiro atoms. The minimum absolute atomic E-state index is 0.249. The number of hydrogen-bond acceptors (Lipinski definition) is 2. The van der Waals surface area contributed by atoms with Gasteiger partial charge in [0.25, 0.3) is 5.91 Å². The van der Waals surface area contributed by atoms with Crippen LogP contribution in [-0.4, -0.2) is 11.0 Å². The Balaban J connectivity index is 2.20. The topological polar surface area (TPSA) is 49.3 Å². The average molecular weight is 345 g/mol. The van der Waals surface area contributed by atoms with Crippen molar-refractivity contribution < 1.29 is 14.3 Å². The SMILES string of the molecule is O=C(Nc1ccc(O)c(F)c1)c1ccc(Br)c(Cl)c1. The molecule has 1 amide bonds. The predicted octanol–water partition coefficient (Wildman–Crippen LogP) is 4.20. The first-order valence-electron chi connectivity index (χ1n) is 5.22. The number of anilines is 1. The number of hydrogen-bond donors (Lipinski definition) is 2. The van der Waals surface area contributed by atoms with Gasteiger partial charge in [0, 0.05) is 21.8 Å². The molecule has 0 fully saturated rings. The van der Waals surface area contributed by atoms with Crippen LogP contribution in [0.25, 0.3) is 0 Å². The van der Waals surface area contributed by atoms with Gasteiger partial charge in [0.05, 0.1) is 5.02 Å². The Hall–Kier alpha value is -1.59.